The summed E-state index contributed by atoms with van der Waals surface area (Å²) in [4.78, 5) is 15.1. The maximum atomic E-state index is 12.0. The fourth-order valence-electron chi connectivity index (χ4n) is 2.18. The molecule has 1 saturated heterocycles. The Morgan fingerprint density at radius 2 is 2.29 bits per heavy atom. The van der Waals surface area contributed by atoms with E-state index in [9.17, 15) is 4.79 Å². The zero-order valence-corrected chi connectivity index (χ0v) is 11.0. The topological polar surface area (TPSA) is 29.5 Å². The molecule has 0 aromatic carbocycles. The van der Waals surface area contributed by atoms with Crippen molar-refractivity contribution in [1.82, 2.24) is 4.90 Å². The van der Waals surface area contributed by atoms with Crippen LogP contribution in [0.3, 0.4) is 0 Å². The maximum absolute atomic E-state index is 12.0. The Bertz CT molecular complexity index is 342. The van der Waals surface area contributed by atoms with E-state index in [1.807, 2.05) is 29.3 Å². The van der Waals surface area contributed by atoms with E-state index < -0.39 is 0 Å². The molecule has 0 unspecified atom stereocenters. The molecular weight excluding hydrogens is 234 g/mol. The highest BCUT2D eigenvalue weighted by Crippen LogP contribution is 2.16. The molecular formula is C13H19NO2S. The van der Waals surface area contributed by atoms with Crippen LogP contribution < -0.4 is 0 Å². The minimum Gasteiger partial charge on any atom is -0.378 e. The second-order valence-electron chi connectivity index (χ2n) is 4.29. The zero-order valence-electron chi connectivity index (χ0n) is 10.2. The van der Waals surface area contributed by atoms with E-state index in [1.54, 1.807) is 11.3 Å². The van der Waals surface area contributed by atoms with Gasteiger partial charge in [0, 0.05) is 24.6 Å². The lowest BCUT2D eigenvalue weighted by molar-refractivity contribution is -0.133. The van der Waals surface area contributed by atoms with Gasteiger partial charge in [0.1, 0.15) is 0 Å². The molecule has 1 fully saturated rings. The summed E-state index contributed by atoms with van der Waals surface area (Å²) in [5.41, 5.74) is 0. The van der Waals surface area contributed by atoms with Crippen LogP contribution in [-0.4, -0.2) is 36.6 Å². The molecule has 1 aromatic heterocycles. The van der Waals surface area contributed by atoms with Gasteiger partial charge in [0.05, 0.1) is 12.5 Å². The molecule has 3 nitrogen and oxygen atoms in total. The molecule has 0 atom stereocenters. The number of carbonyl (C=O) groups excluding carboxylic acids is 1. The van der Waals surface area contributed by atoms with Gasteiger partial charge in [0.25, 0.3) is 0 Å². The Hall–Kier alpha value is -0.870. The standard InChI is InChI=1S/C13H19NO2S/c1-2-16-11-5-7-14(8-6-11)13(15)10-12-4-3-9-17-12/h3-4,9,11H,2,5-8,10H2,1H3. The summed E-state index contributed by atoms with van der Waals surface area (Å²) < 4.78 is 5.58. The number of ether oxygens (including phenoxy) is 1. The summed E-state index contributed by atoms with van der Waals surface area (Å²) in [7, 11) is 0. The van der Waals surface area contributed by atoms with Crippen molar-refractivity contribution in [2.24, 2.45) is 0 Å². The lowest BCUT2D eigenvalue weighted by Crippen LogP contribution is -2.41. The Kier molecular flexibility index (Phi) is 4.57. The number of nitrogens with zero attached hydrogens (tertiary/aromatic N) is 1. The van der Waals surface area contributed by atoms with Crippen molar-refractivity contribution in [2.75, 3.05) is 19.7 Å². The average Bonchev–Trinajstić information content (AvgIpc) is 2.83. The first-order valence-electron chi connectivity index (χ1n) is 6.21. The highest BCUT2D eigenvalue weighted by molar-refractivity contribution is 7.10. The summed E-state index contributed by atoms with van der Waals surface area (Å²) in [6.45, 7) is 4.48. The molecule has 1 aromatic rings. The van der Waals surface area contributed by atoms with Crippen molar-refractivity contribution in [3.8, 4) is 0 Å². The van der Waals surface area contributed by atoms with Crippen LogP contribution in [0.5, 0.6) is 0 Å². The predicted octanol–water partition coefficient (Wildman–Crippen LogP) is 2.32. The molecule has 0 saturated carbocycles. The number of amides is 1. The van der Waals surface area contributed by atoms with E-state index in [0.29, 0.717) is 12.5 Å². The fourth-order valence-corrected chi connectivity index (χ4v) is 2.88. The number of likely N-dealkylation sites (tertiary alicyclic amines) is 1. The summed E-state index contributed by atoms with van der Waals surface area (Å²) >= 11 is 1.65. The first-order chi connectivity index (χ1) is 8.29. The molecule has 2 rings (SSSR count). The predicted molar refractivity (Wildman–Crippen MR) is 69.3 cm³/mol. The third kappa shape index (κ3) is 3.54. The largest absolute Gasteiger partial charge is 0.378 e. The van der Waals surface area contributed by atoms with Crippen LogP contribution >= 0.6 is 11.3 Å². The number of piperidine rings is 1. The van der Waals surface area contributed by atoms with Gasteiger partial charge in [-0.05, 0) is 31.2 Å². The second kappa shape index (κ2) is 6.17. The van der Waals surface area contributed by atoms with Gasteiger partial charge in [-0.1, -0.05) is 6.07 Å². The molecule has 17 heavy (non-hydrogen) atoms. The number of hydrogen-bond acceptors (Lipinski definition) is 3. The Balaban J connectivity index is 1.78. The van der Waals surface area contributed by atoms with Gasteiger partial charge >= 0.3 is 0 Å². The van der Waals surface area contributed by atoms with Gasteiger partial charge in [-0.2, -0.15) is 0 Å². The van der Waals surface area contributed by atoms with Gasteiger partial charge in [0.15, 0.2) is 0 Å². The van der Waals surface area contributed by atoms with Crippen molar-refractivity contribution < 1.29 is 9.53 Å². The molecule has 0 spiro atoms. The van der Waals surface area contributed by atoms with E-state index >= 15 is 0 Å². The van der Waals surface area contributed by atoms with Crippen LogP contribution in [0.1, 0.15) is 24.6 Å². The van der Waals surface area contributed by atoms with E-state index in [0.717, 1.165) is 37.4 Å². The minimum absolute atomic E-state index is 0.252. The van der Waals surface area contributed by atoms with Crippen molar-refractivity contribution in [2.45, 2.75) is 32.3 Å². The minimum atomic E-state index is 0.252. The average molecular weight is 253 g/mol. The van der Waals surface area contributed by atoms with Crippen molar-refractivity contribution in [3.63, 3.8) is 0 Å². The molecule has 0 N–H and O–H groups in total. The first-order valence-corrected chi connectivity index (χ1v) is 7.09. The van der Waals surface area contributed by atoms with E-state index in [1.165, 1.54) is 0 Å². The van der Waals surface area contributed by atoms with Crippen LogP contribution in [-0.2, 0) is 16.0 Å². The molecule has 94 valence electrons. The number of thiophene rings is 1. The Morgan fingerprint density at radius 1 is 1.53 bits per heavy atom. The van der Waals surface area contributed by atoms with Crippen LogP contribution in [0.4, 0.5) is 0 Å². The third-order valence-electron chi connectivity index (χ3n) is 3.10. The van der Waals surface area contributed by atoms with Crippen LogP contribution in [0.15, 0.2) is 17.5 Å². The highest BCUT2D eigenvalue weighted by Gasteiger charge is 2.22. The molecule has 1 amide bonds. The Morgan fingerprint density at radius 3 is 2.88 bits per heavy atom. The second-order valence-corrected chi connectivity index (χ2v) is 5.32. The Labute approximate surface area is 106 Å². The SMILES string of the molecule is CCOC1CCN(C(=O)Cc2cccs2)CC1. The number of carbonyl (C=O) groups is 1. The molecule has 4 heteroatoms. The number of rotatable bonds is 4. The smallest absolute Gasteiger partial charge is 0.227 e. The van der Waals surface area contributed by atoms with Crippen molar-refractivity contribution >= 4 is 17.2 Å². The summed E-state index contributed by atoms with van der Waals surface area (Å²) in [5, 5.41) is 2.02. The van der Waals surface area contributed by atoms with E-state index in [-0.39, 0.29) is 5.91 Å². The lowest BCUT2D eigenvalue weighted by Gasteiger charge is -2.31. The van der Waals surface area contributed by atoms with Gasteiger partial charge in [-0.3, -0.25) is 4.79 Å². The normalized spacial score (nSPS) is 17.4. The number of hydrogen-bond donors (Lipinski definition) is 0. The lowest BCUT2D eigenvalue weighted by atomic mass is 10.1. The molecule has 1 aliphatic heterocycles. The van der Waals surface area contributed by atoms with Gasteiger partial charge in [0.2, 0.25) is 5.91 Å². The summed E-state index contributed by atoms with van der Waals surface area (Å²) in [6, 6.07) is 4.02. The van der Waals surface area contributed by atoms with Gasteiger partial charge < -0.3 is 9.64 Å². The van der Waals surface area contributed by atoms with E-state index in [4.69, 9.17) is 4.74 Å². The monoisotopic (exact) mass is 253 g/mol. The van der Waals surface area contributed by atoms with Gasteiger partial charge in [-0.25, -0.2) is 0 Å². The maximum Gasteiger partial charge on any atom is 0.227 e. The molecule has 0 aliphatic carbocycles. The van der Waals surface area contributed by atoms with Crippen LogP contribution in [0.2, 0.25) is 0 Å². The van der Waals surface area contributed by atoms with Crippen molar-refractivity contribution in [3.05, 3.63) is 22.4 Å². The van der Waals surface area contributed by atoms with E-state index in [2.05, 4.69) is 0 Å². The highest BCUT2D eigenvalue weighted by atomic mass is 32.1. The zero-order chi connectivity index (χ0) is 12.1. The quantitative estimate of drug-likeness (QED) is 0.824. The molecule has 0 bridgehead atoms. The first kappa shape index (κ1) is 12.6. The fraction of sp³-hybridized carbons (Fsp3) is 0.615. The molecule has 1 aliphatic rings. The van der Waals surface area contributed by atoms with Crippen LogP contribution in [0.25, 0.3) is 0 Å². The van der Waals surface area contributed by atoms with Gasteiger partial charge in [-0.15, -0.1) is 11.3 Å². The molecule has 0 radical (unpaired) electrons. The molecule has 2 heterocycles. The van der Waals surface area contributed by atoms with Crippen molar-refractivity contribution in [1.29, 1.82) is 0 Å². The summed E-state index contributed by atoms with van der Waals surface area (Å²) in [5.74, 6) is 0.252. The van der Waals surface area contributed by atoms with Crippen LogP contribution in [0, 0.1) is 0 Å². The third-order valence-corrected chi connectivity index (χ3v) is 3.98. The summed E-state index contributed by atoms with van der Waals surface area (Å²) in [6.07, 6.45) is 2.86.